The maximum atomic E-state index is 11.8. The first-order valence-electron chi connectivity index (χ1n) is 11.0. The summed E-state index contributed by atoms with van der Waals surface area (Å²) in [4.78, 5) is 11.8. The van der Waals surface area contributed by atoms with Gasteiger partial charge in [-0.1, -0.05) is 40.5 Å². The summed E-state index contributed by atoms with van der Waals surface area (Å²) < 4.78 is 16.2. The van der Waals surface area contributed by atoms with E-state index in [0.29, 0.717) is 0 Å². The highest BCUT2D eigenvalue weighted by Crippen LogP contribution is 2.20. The van der Waals surface area contributed by atoms with E-state index in [1.54, 1.807) is 13.8 Å². The molecule has 1 aliphatic heterocycles. The van der Waals surface area contributed by atoms with Gasteiger partial charge in [0, 0.05) is 6.08 Å². The molecule has 0 aliphatic carbocycles. The van der Waals surface area contributed by atoms with E-state index in [1.165, 1.54) is 22.8 Å². The molecule has 6 heteroatoms. The summed E-state index contributed by atoms with van der Waals surface area (Å²) in [7, 11) is 0. The zero-order valence-electron chi connectivity index (χ0n) is 19.9. The van der Waals surface area contributed by atoms with Crippen LogP contribution in [0.3, 0.4) is 0 Å². The Balaban J connectivity index is 2.45. The SMILES string of the molecule is CC(C)=CCCC(C)=CCCC(C)=CCO[C@@H]1OC[C@@H](O)[C@H](OC(=O)C=C(C)C)[C@H]1O. The third kappa shape index (κ3) is 11.5. The topological polar surface area (TPSA) is 85.2 Å². The minimum atomic E-state index is -1.27. The van der Waals surface area contributed by atoms with Gasteiger partial charge in [0.15, 0.2) is 12.4 Å². The third-order valence-corrected chi connectivity index (χ3v) is 4.90. The number of carbonyl (C=O) groups excluding carboxylic acids is 1. The number of ether oxygens (including phenoxy) is 3. The standard InChI is InChI=1S/C25H40O6/c1-17(2)9-7-10-19(5)11-8-12-20(6)13-14-29-25-23(28)24(21(26)16-30-25)31-22(27)15-18(3)4/h9,11,13,15,21,23-26,28H,7-8,10,12,14,16H2,1-6H3/t21-,23-,24+,25-/m1/s1. The molecule has 0 aromatic carbocycles. The summed E-state index contributed by atoms with van der Waals surface area (Å²) in [6.07, 6.45) is 7.44. The Hall–Kier alpha value is -1.73. The number of rotatable bonds is 11. The molecule has 0 aromatic heterocycles. The Kier molecular flexibility index (Phi) is 12.6. The molecule has 1 saturated heterocycles. The lowest BCUT2D eigenvalue weighted by atomic mass is 10.1. The van der Waals surface area contributed by atoms with E-state index in [4.69, 9.17) is 14.2 Å². The summed E-state index contributed by atoms with van der Waals surface area (Å²) in [6.45, 7) is 12.2. The molecule has 1 heterocycles. The van der Waals surface area contributed by atoms with Crippen molar-refractivity contribution in [3.63, 3.8) is 0 Å². The smallest absolute Gasteiger partial charge is 0.331 e. The maximum Gasteiger partial charge on any atom is 0.331 e. The Labute approximate surface area is 187 Å². The Morgan fingerprint density at radius 2 is 1.55 bits per heavy atom. The van der Waals surface area contributed by atoms with Gasteiger partial charge in [0.05, 0.1) is 13.2 Å². The van der Waals surface area contributed by atoms with Crippen LogP contribution in [-0.4, -0.2) is 54.0 Å². The second-order valence-electron chi connectivity index (χ2n) is 8.68. The molecule has 0 spiro atoms. The first-order valence-corrected chi connectivity index (χ1v) is 11.0. The Morgan fingerprint density at radius 3 is 2.16 bits per heavy atom. The predicted molar refractivity (Wildman–Crippen MR) is 122 cm³/mol. The monoisotopic (exact) mass is 436 g/mol. The number of carbonyl (C=O) groups is 1. The van der Waals surface area contributed by atoms with Gasteiger partial charge in [-0.15, -0.1) is 0 Å². The molecule has 0 aromatic rings. The van der Waals surface area contributed by atoms with Crippen molar-refractivity contribution >= 4 is 5.97 Å². The molecule has 176 valence electrons. The fourth-order valence-corrected chi connectivity index (χ4v) is 3.09. The largest absolute Gasteiger partial charge is 0.453 e. The van der Waals surface area contributed by atoms with Crippen molar-refractivity contribution in [3.8, 4) is 0 Å². The third-order valence-electron chi connectivity index (χ3n) is 4.90. The van der Waals surface area contributed by atoms with Gasteiger partial charge in [-0.05, 0) is 67.2 Å². The lowest BCUT2D eigenvalue weighted by Crippen LogP contribution is -2.55. The molecule has 6 nitrogen and oxygen atoms in total. The zero-order valence-corrected chi connectivity index (χ0v) is 19.9. The van der Waals surface area contributed by atoms with Crippen molar-refractivity contribution in [2.45, 2.75) is 91.8 Å². The summed E-state index contributed by atoms with van der Waals surface area (Å²) in [5, 5.41) is 20.4. The van der Waals surface area contributed by atoms with Crippen molar-refractivity contribution in [2.24, 2.45) is 0 Å². The molecule has 2 N–H and O–H groups in total. The molecule has 0 bridgehead atoms. The van der Waals surface area contributed by atoms with E-state index in [9.17, 15) is 15.0 Å². The van der Waals surface area contributed by atoms with Crippen LogP contribution in [0.25, 0.3) is 0 Å². The summed E-state index contributed by atoms with van der Waals surface area (Å²) in [5.74, 6) is -0.608. The van der Waals surface area contributed by atoms with Crippen molar-refractivity contribution in [1.29, 1.82) is 0 Å². The number of esters is 1. The average molecular weight is 437 g/mol. The number of aliphatic hydroxyl groups is 2. The summed E-state index contributed by atoms with van der Waals surface area (Å²) >= 11 is 0. The van der Waals surface area contributed by atoms with E-state index in [0.717, 1.165) is 31.3 Å². The highest BCUT2D eigenvalue weighted by Gasteiger charge is 2.41. The zero-order chi connectivity index (χ0) is 23.4. The van der Waals surface area contributed by atoms with Crippen molar-refractivity contribution in [3.05, 3.63) is 46.6 Å². The fourth-order valence-electron chi connectivity index (χ4n) is 3.09. The molecule has 0 amide bonds. The molecule has 0 unspecified atom stereocenters. The number of hydrogen-bond acceptors (Lipinski definition) is 6. The molecule has 31 heavy (non-hydrogen) atoms. The van der Waals surface area contributed by atoms with E-state index >= 15 is 0 Å². The first-order chi connectivity index (χ1) is 14.6. The molecule has 0 radical (unpaired) electrons. The summed E-state index contributed by atoms with van der Waals surface area (Å²) in [6, 6.07) is 0. The van der Waals surface area contributed by atoms with E-state index < -0.39 is 30.6 Å². The molecule has 1 aliphatic rings. The van der Waals surface area contributed by atoms with Crippen LogP contribution in [0.5, 0.6) is 0 Å². The quantitative estimate of drug-likeness (QED) is 0.284. The number of allylic oxidation sites excluding steroid dienone is 6. The predicted octanol–water partition coefficient (Wildman–Crippen LogP) is 4.38. The first kappa shape index (κ1) is 27.3. The van der Waals surface area contributed by atoms with Crippen molar-refractivity contribution in [1.82, 2.24) is 0 Å². The number of aliphatic hydroxyl groups excluding tert-OH is 2. The van der Waals surface area contributed by atoms with Crippen LogP contribution in [0.1, 0.15) is 67.2 Å². The van der Waals surface area contributed by atoms with Crippen molar-refractivity contribution < 1.29 is 29.2 Å². The van der Waals surface area contributed by atoms with E-state index in [2.05, 4.69) is 32.9 Å². The van der Waals surface area contributed by atoms with Gasteiger partial charge in [-0.2, -0.15) is 0 Å². The second-order valence-corrected chi connectivity index (χ2v) is 8.68. The van der Waals surface area contributed by atoms with Gasteiger partial charge in [-0.25, -0.2) is 4.79 Å². The van der Waals surface area contributed by atoms with Crippen molar-refractivity contribution in [2.75, 3.05) is 13.2 Å². The normalized spacial score (nSPS) is 24.5. The number of hydrogen-bond donors (Lipinski definition) is 2. The van der Waals surface area contributed by atoms with Gasteiger partial charge >= 0.3 is 5.97 Å². The van der Waals surface area contributed by atoms with Crippen LogP contribution in [0.4, 0.5) is 0 Å². The van der Waals surface area contributed by atoms with Gasteiger partial charge in [0.25, 0.3) is 0 Å². The molecule has 1 fully saturated rings. The molecule has 0 saturated carbocycles. The molecule has 1 rings (SSSR count). The van der Waals surface area contributed by atoms with Crippen LogP contribution in [0.15, 0.2) is 46.6 Å². The van der Waals surface area contributed by atoms with Gasteiger partial charge in [-0.3, -0.25) is 0 Å². The Bertz CT molecular complexity index is 680. The molecule has 4 atom stereocenters. The highest BCUT2D eigenvalue weighted by atomic mass is 16.7. The van der Waals surface area contributed by atoms with Crippen LogP contribution in [0.2, 0.25) is 0 Å². The fraction of sp³-hybridized carbons (Fsp3) is 0.640. The van der Waals surface area contributed by atoms with Crippen LogP contribution in [0, 0.1) is 0 Å². The Morgan fingerprint density at radius 1 is 0.935 bits per heavy atom. The minimum absolute atomic E-state index is 0.0754. The van der Waals surface area contributed by atoms with Gasteiger partial charge in [0.2, 0.25) is 0 Å². The second kappa shape index (κ2) is 14.4. The average Bonchev–Trinajstić information content (AvgIpc) is 2.66. The van der Waals surface area contributed by atoms with Gasteiger partial charge < -0.3 is 24.4 Å². The molecular weight excluding hydrogens is 396 g/mol. The van der Waals surface area contributed by atoms with Gasteiger partial charge in [0.1, 0.15) is 12.2 Å². The highest BCUT2D eigenvalue weighted by molar-refractivity contribution is 5.82. The minimum Gasteiger partial charge on any atom is -0.453 e. The maximum absolute atomic E-state index is 11.8. The van der Waals surface area contributed by atoms with E-state index in [1.807, 2.05) is 13.0 Å². The lowest BCUT2D eigenvalue weighted by molar-refractivity contribution is -0.270. The van der Waals surface area contributed by atoms with Crippen LogP contribution in [-0.2, 0) is 19.0 Å². The summed E-state index contributed by atoms with van der Waals surface area (Å²) in [5.41, 5.74) is 4.70. The lowest BCUT2D eigenvalue weighted by Gasteiger charge is -2.36. The van der Waals surface area contributed by atoms with Crippen LogP contribution >= 0.6 is 0 Å². The van der Waals surface area contributed by atoms with E-state index in [-0.39, 0.29) is 13.2 Å². The molecular formula is C25H40O6. The van der Waals surface area contributed by atoms with Crippen LogP contribution < -0.4 is 0 Å².